The van der Waals surface area contributed by atoms with Gasteiger partial charge >= 0.3 is 0 Å². The predicted molar refractivity (Wildman–Crippen MR) is 107 cm³/mol. The van der Waals surface area contributed by atoms with Crippen LogP contribution in [0.2, 0.25) is 5.02 Å². The zero-order valence-corrected chi connectivity index (χ0v) is 16.4. The summed E-state index contributed by atoms with van der Waals surface area (Å²) < 4.78 is 15.9. The Morgan fingerprint density at radius 2 is 2.04 bits per heavy atom. The molecule has 5 nitrogen and oxygen atoms in total. The van der Waals surface area contributed by atoms with Crippen molar-refractivity contribution >= 4 is 35.0 Å². The normalized spacial score (nSPS) is 10.8. The number of carbonyl (C=O) groups is 1. The molecule has 1 heterocycles. The number of aryl methyl sites for hydroxylation is 1. The van der Waals surface area contributed by atoms with Crippen molar-refractivity contribution in [2.75, 3.05) is 11.1 Å². The van der Waals surface area contributed by atoms with Gasteiger partial charge in [0.25, 0.3) is 0 Å². The molecule has 8 heteroatoms. The topological polar surface area (TPSA) is 59.8 Å². The van der Waals surface area contributed by atoms with E-state index < -0.39 is 0 Å². The number of nitrogens with one attached hydrogen (secondary N) is 1. The van der Waals surface area contributed by atoms with Crippen LogP contribution in [0.25, 0.3) is 11.4 Å². The monoisotopic (exact) mass is 404 g/mol. The Morgan fingerprint density at radius 1 is 1.26 bits per heavy atom. The van der Waals surface area contributed by atoms with E-state index in [2.05, 4.69) is 15.5 Å². The third kappa shape index (κ3) is 4.48. The van der Waals surface area contributed by atoms with Crippen LogP contribution in [0.3, 0.4) is 0 Å². The second-order valence-corrected chi connectivity index (χ2v) is 7.21. The summed E-state index contributed by atoms with van der Waals surface area (Å²) >= 11 is 7.19. The fraction of sp³-hybridized carbons (Fsp3) is 0.211. The Morgan fingerprint density at radius 3 is 2.74 bits per heavy atom. The number of aromatic nitrogens is 3. The third-order valence-electron chi connectivity index (χ3n) is 3.94. The maximum atomic E-state index is 14.1. The van der Waals surface area contributed by atoms with Crippen LogP contribution in [0.1, 0.15) is 12.5 Å². The Labute approximate surface area is 166 Å². The first-order valence-electron chi connectivity index (χ1n) is 8.36. The van der Waals surface area contributed by atoms with Crippen LogP contribution >= 0.6 is 23.4 Å². The van der Waals surface area contributed by atoms with Crippen LogP contribution in [0, 0.1) is 12.7 Å². The molecule has 0 spiro atoms. The van der Waals surface area contributed by atoms with Crippen molar-refractivity contribution in [1.29, 1.82) is 0 Å². The molecule has 0 aliphatic rings. The number of halogens is 2. The summed E-state index contributed by atoms with van der Waals surface area (Å²) in [6.07, 6.45) is 0. The van der Waals surface area contributed by atoms with Gasteiger partial charge in [0.2, 0.25) is 5.91 Å². The molecule has 3 rings (SSSR count). The predicted octanol–water partition coefficient (Wildman–Crippen LogP) is 4.80. The molecule has 1 N–H and O–H groups in total. The molecule has 0 aliphatic carbocycles. The van der Waals surface area contributed by atoms with Gasteiger partial charge in [0.05, 0.1) is 11.3 Å². The number of nitrogens with zero attached hydrogens (tertiary/aromatic N) is 3. The van der Waals surface area contributed by atoms with Crippen LogP contribution in [-0.4, -0.2) is 26.4 Å². The van der Waals surface area contributed by atoms with Crippen molar-refractivity contribution in [3.8, 4) is 11.4 Å². The first-order valence-corrected chi connectivity index (χ1v) is 9.73. The second-order valence-electron chi connectivity index (χ2n) is 5.83. The summed E-state index contributed by atoms with van der Waals surface area (Å²) in [6.45, 7) is 4.37. The van der Waals surface area contributed by atoms with E-state index in [9.17, 15) is 9.18 Å². The quantitative estimate of drug-likeness (QED) is 0.599. The molecule has 1 amide bonds. The summed E-state index contributed by atoms with van der Waals surface area (Å²) in [6, 6.07) is 11.7. The van der Waals surface area contributed by atoms with Crippen LogP contribution in [0.5, 0.6) is 0 Å². The van der Waals surface area contributed by atoms with Gasteiger partial charge in [0, 0.05) is 17.3 Å². The molecule has 140 valence electrons. The maximum Gasteiger partial charge on any atom is 0.234 e. The van der Waals surface area contributed by atoms with Gasteiger partial charge in [-0.3, -0.25) is 4.79 Å². The number of hydrogen-bond acceptors (Lipinski definition) is 4. The highest BCUT2D eigenvalue weighted by Crippen LogP contribution is 2.26. The molecule has 0 aliphatic heterocycles. The summed E-state index contributed by atoms with van der Waals surface area (Å²) in [5.74, 6) is 0.0972. The smallest absolute Gasteiger partial charge is 0.234 e. The summed E-state index contributed by atoms with van der Waals surface area (Å²) in [5, 5.41) is 12.3. The first-order chi connectivity index (χ1) is 13.0. The standard InChI is InChI=1S/C19H18ClFN4OS/c1-3-25-18(14-6-4-5-7-15(14)21)23-24-19(25)27-11-17(26)22-16-9-8-13(20)10-12(16)2/h4-10H,3,11H2,1-2H3,(H,22,26). The molecule has 27 heavy (non-hydrogen) atoms. The molecule has 0 radical (unpaired) electrons. The molecule has 1 aromatic heterocycles. The lowest BCUT2D eigenvalue weighted by Gasteiger charge is -2.09. The Bertz CT molecular complexity index is 976. The van der Waals surface area contributed by atoms with Gasteiger partial charge in [0.1, 0.15) is 5.82 Å². The number of benzene rings is 2. The molecule has 0 bridgehead atoms. The van der Waals surface area contributed by atoms with Crippen LogP contribution in [0.4, 0.5) is 10.1 Å². The number of carbonyl (C=O) groups excluding carboxylic acids is 1. The molecular formula is C19H18ClFN4OS. The van der Waals surface area contributed by atoms with Crippen LogP contribution < -0.4 is 5.32 Å². The number of rotatable bonds is 6. The molecule has 0 unspecified atom stereocenters. The highest BCUT2D eigenvalue weighted by atomic mass is 35.5. The van der Waals surface area contributed by atoms with Gasteiger partial charge < -0.3 is 9.88 Å². The van der Waals surface area contributed by atoms with Gasteiger partial charge in [-0.1, -0.05) is 35.5 Å². The van der Waals surface area contributed by atoms with Crippen molar-refractivity contribution in [2.24, 2.45) is 0 Å². The minimum absolute atomic E-state index is 0.163. The lowest BCUT2D eigenvalue weighted by molar-refractivity contribution is -0.113. The largest absolute Gasteiger partial charge is 0.325 e. The van der Waals surface area contributed by atoms with E-state index in [1.54, 1.807) is 41.0 Å². The van der Waals surface area contributed by atoms with Gasteiger partial charge in [0.15, 0.2) is 11.0 Å². The lowest BCUT2D eigenvalue weighted by Crippen LogP contribution is -2.15. The molecule has 2 aromatic carbocycles. The Balaban J connectivity index is 1.71. The SMILES string of the molecule is CCn1c(SCC(=O)Nc2ccc(Cl)cc2C)nnc1-c1ccccc1F. The van der Waals surface area contributed by atoms with E-state index >= 15 is 0 Å². The minimum Gasteiger partial charge on any atom is -0.325 e. The number of hydrogen-bond donors (Lipinski definition) is 1. The number of anilines is 1. The van der Waals surface area contributed by atoms with Crippen LogP contribution in [-0.2, 0) is 11.3 Å². The van der Waals surface area contributed by atoms with E-state index in [0.29, 0.717) is 33.8 Å². The lowest BCUT2D eigenvalue weighted by atomic mass is 10.2. The van der Waals surface area contributed by atoms with Gasteiger partial charge in [-0.05, 0) is 49.7 Å². The minimum atomic E-state index is -0.355. The summed E-state index contributed by atoms with van der Waals surface area (Å²) in [4.78, 5) is 12.3. The van der Waals surface area contributed by atoms with Crippen molar-refractivity contribution in [3.63, 3.8) is 0 Å². The van der Waals surface area contributed by atoms with Crippen molar-refractivity contribution in [2.45, 2.75) is 25.5 Å². The van der Waals surface area contributed by atoms with Gasteiger partial charge in [-0.2, -0.15) is 0 Å². The molecule has 0 fully saturated rings. The number of thioether (sulfide) groups is 1. The van der Waals surface area contributed by atoms with Crippen LogP contribution in [0.15, 0.2) is 47.6 Å². The van der Waals surface area contributed by atoms with Gasteiger partial charge in [-0.15, -0.1) is 10.2 Å². The average molecular weight is 405 g/mol. The van der Waals surface area contributed by atoms with E-state index in [0.717, 1.165) is 5.56 Å². The molecule has 0 saturated heterocycles. The van der Waals surface area contributed by atoms with Gasteiger partial charge in [-0.25, -0.2) is 4.39 Å². The maximum absolute atomic E-state index is 14.1. The third-order valence-corrected chi connectivity index (χ3v) is 5.14. The summed E-state index contributed by atoms with van der Waals surface area (Å²) in [5.41, 5.74) is 1.99. The highest BCUT2D eigenvalue weighted by molar-refractivity contribution is 7.99. The van der Waals surface area contributed by atoms with E-state index in [1.807, 2.05) is 13.8 Å². The van der Waals surface area contributed by atoms with Crippen molar-refractivity contribution < 1.29 is 9.18 Å². The summed E-state index contributed by atoms with van der Waals surface area (Å²) in [7, 11) is 0. The van der Waals surface area contributed by atoms with E-state index in [1.165, 1.54) is 17.8 Å². The van der Waals surface area contributed by atoms with E-state index in [4.69, 9.17) is 11.6 Å². The molecular weight excluding hydrogens is 387 g/mol. The average Bonchev–Trinajstić information content (AvgIpc) is 3.05. The molecule has 0 atom stereocenters. The fourth-order valence-electron chi connectivity index (χ4n) is 2.61. The molecule has 0 saturated carbocycles. The van der Waals surface area contributed by atoms with E-state index in [-0.39, 0.29) is 17.5 Å². The Kier molecular flexibility index (Phi) is 6.13. The van der Waals surface area contributed by atoms with Crippen molar-refractivity contribution in [1.82, 2.24) is 14.8 Å². The first kappa shape index (κ1) is 19.4. The zero-order valence-electron chi connectivity index (χ0n) is 14.9. The van der Waals surface area contributed by atoms with Crippen molar-refractivity contribution in [3.05, 3.63) is 58.9 Å². The highest BCUT2D eigenvalue weighted by Gasteiger charge is 2.17. The Hall–Kier alpha value is -2.38. The second kappa shape index (κ2) is 8.54. The molecule has 3 aromatic rings. The number of amides is 1. The fourth-order valence-corrected chi connectivity index (χ4v) is 3.64. The zero-order chi connectivity index (χ0) is 19.4.